The maximum Gasteiger partial charge on any atom is 0.0950 e. The Bertz CT molecular complexity index is 324. The Kier molecular flexibility index (Phi) is 2.91. The van der Waals surface area contributed by atoms with Gasteiger partial charge in [0.05, 0.1) is 23.4 Å². The van der Waals surface area contributed by atoms with Crippen LogP contribution in [-0.2, 0) is 4.74 Å². The van der Waals surface area contributed by atoms with E-state index in [0.29, 0.717) is 10.7 Å². The zero-order valence-corrected chi connectivity index (χ0v) is 8.55. The van der Waals surface area contributed by atoms with E-state index in [1.54, 1.807) is 0 Å². The van der Waals surface area contributed by atoms with Gasteiger partial charge in [-0.1, -0.05) is 17.7 Å². The second-order valence-electron chi connectivity index (χ2n) is 3.34. The Hall–Kier alpha value is -0.770. The molecule has 1 saturated heterocycles. The highest BCUT2D eigenvalue weighted by Crippen LogP contribution is 2.25. The zero-order valence-electron chi connectivity index (χ0n) is 7.79. The van der Waals surface area contributed by atoms with Crippen LogP contribution in [0.1, 0.15) is 11.7 Å². The summed E-state index contributed by atoms with van der Waals surface area (Å²) in [6.07, 6.45) is 0.100. The summed E-state index contributed by atoms with van der Waals surface area (Å²) in [5.41, 5.74) is 7.41. The minimum Gasteiger partial charge on any atom is -0.398 e. The maximum absolute atomic E-state index is 5.84. The fourth-order valence-electron chi connectivity index (χ4n) is 1.54. The molecule has 0 aliphatic carbocycles. The molecule has 3 nitrogen and oxygen atoms in total. The van der Waals surface area contributed by atoms with Crippen LogP contribution in [0.25, 0.3) is 0 Å². The lowest BCUT2D eigenvalue weighted by Crippen LogP contribution is -2.33. The lowest BCUT2D eigenvalue weighted by molar-refractivity contribution is 0.0277. The number of morpholine rings is 1. The predicted octanol–water partition coefficient (Wildman–Crippen LogP) is 1.58. The van der Waals surface area contributed by atoms with Crippen molar-refractivity contribution < 1.29 is 4.74 Å². The van der Waals surface area contributed by atoms with Crippen LogP contribution < -0.4 is 11.1 Å². The molecule has 1 aromatic carbocycles. The van der Waals surface area contributed by atoms with E-state index in [-0.39, 0.29) is 6.10 Å². The largest absolute Gasteiger partial charge is 0.398 e. The Morgan fingerprint density at radius 3 is 3.00 bits per heavy atom. The number of rotatable bonds is 1. The van der Waals surface area contributed by atoms with Crippen LogP contribution in [0.15, 0.2) is 18.2 Å². The van der Waals surface area contributed by atoms with Gasteiger partial charge in [-0.25, -0.2) is 0 Å². The molecule has 76 valence electrons. The van der Waals surface area contributed by atoms with E-state index in [1.165, 1.54) is 0 Å². The van der Waals surface area contributed by atoms with Crippen molar-refractivity contribution in [1.29, 1.82) is 0 Å². The Balaban J connectivity index is 2.18. The van der Waals surface area contributed by atoms with E-state index in [0.717, 1.165) is 25.3 Å². The molecule has 0 radical (unpaired) electrons. The molecule has 0 spiro atoms. The van der Waals surface area contributed by atoms with Gasteiger partial charge < -0.3 is 15.8 Å². The molecule has 0 amide bonds. The summed E-state index contributed by atoms with van der Waals surface area (Å²) in [7, 11) is 0. The first-order chi connectivity index (χ1) is 6.77. The van der Waals surface area contributed by atoms with E-state index >= 15 is 0 Å². The number of anilines is 1. The van der Waals surface area contributed by atoms with Gasteiger partial charge in [0.1, 0.15) is 0 Å². The van der Waals surface area contributed by atoms with Crippen LogP contribution in [0.3, 0.4) is 0 Å². The van der Waals surface area contributed by atoms with Gasteiger partial charge in [0, 0.05) is 13.1 Å². The monoisotopic (exact) mass is 212 g/mol. The molecule has 1 atom stereocenters. The average Bonchev–Trinajstić information content (AvgIpc) is 2.23. The van der Waals surface area contributed by atoms with Crippen molar-refractivity contribution in [2.24, 2.45) is 0 Å². The van der Waals surface area contributed by atoms with Gasteiger partial charge >= 0.3 is 0 Å². The molecule has 1 heterocycles. The number of nitrogens with one attached hydrogen (secondary N) is 1. The highest BCUT2D eigenvalue weighted by Gasteiger charge is 2.15. The van der Waals surface area contributed by atoms with Crippen LogP contribution in [0.2, 0.25) is 5.02 Å². The van der Waals surface area contributed by atoms with Crippen LogP contribution >= 0.6 is 11.6 Å². The Labute approximate surface area is 88.2 Å². The predicted molar refractivity (Wildman–Crippen MR) is 57.4 cm³/mol. The molecular formula is C10H13ClN2O. The minimum absolute atomic E-state index is 0.100. The van der Waals surface area contributed by atoms with Crippen LogP contribution in [-0.4, -0.2) is 19.7 Å². The number of halogens is 1. The smallest absolute Gasteiger partial charge is 0.0950 e. The van der Waals surface area contributed by atoms with Crippen LogP contribution in [0.5, 0.6) is 0 Å². The standard InChI is InChI=1S/C10H13ClN2O/c11-8-2-1-7(5-9(8)12)10-6-13-3-4-14-10/h1-2,5,10,13H,3-4,6,12H2. The molecule has 1 aliphatic rings. The SMILES string of the molecule is Nc1cc(C2CNCCO2)ccc1Cl. The molecule has 3 N–H and O–H groups in total. The van der Waals surface area contributed by atoms with Crippen molar-refractivity contribution in [3.63, 3.8) is 0 Å². The van der Waals surface area contributed by atoms with Gasteiger partial charge in [0.25, 0.3) is 0 Å². The number of ether oxygens (including phenoxy) is 1. The van der Waals surface area contributed by atoms with Crippen molar-refractivity contribution in [1.82, 2.24) is 5.32 Å². The third-order valence-electron chi connectivity index (χ3n) is 2.32. The van der Waals surface area contributed by atoms with Crippen molar-refractivity contribution in [3.8, 4) is 0 Å². The molecule has 1 fully saturated rings. The molecule has 0 aromatic heterocycles. The molecule has 1 unspecified atom stereocenters. The van der Waals surface area contributed by atoms with Gasteiger partial charge in [0.2, 0.25) is 0 Å². The summed E-state index contributed by atoms with van der Waals surface area (Å²) in [5.74, 6) is 0. The number of nitrogens with two attached hydrogens (primary N) is 1. The lowest BCUT2D eigenvalue weighted by atomic mass is 10.1. The third-order valence-corrected chi connectivity index (χ3v) is 2.66. The fraction of sp³-hybridized carbons (Fsp3) is 0.400. The van der Waals surface area contributed by atoms with E-state index in [4.69, 9.17) is 22.1 Å². The van der Waals surface area contributed by atoms with E-state index in [2.05, 4.69) is 5.32 Å². The van der Waals surface area contributed by atoms with E-state index in [9.17, 15) is 0 Å². The average molecular weight is 213 g/mol. The van der Waals surface area contributed by atoms with E-state index < -0.39 is 0 Å². The topological polar surface area (TPSA) is 47.3 Å². The second kappa shape index (κ2) is 4.17. The van der Waals surface area contributed by atoms with Crippen molar-refractivity contribution in [2.75, 3.05) is 25.4 Å². The molecular weight excluding hydrogens is 200 g/mol. The number of hydrogen-bond donors (Lipinski definition) is 2. The lowest BCUT2D eigenvalue weighted by Gasteiger charge is -2.24. The number of nitrogen functional groups attached to an aromatic ring is 1. The van der Waals surface area contributed by atoms with Gasteiger partial charge in [-0.05, 0) is 17.7 Å². The van der Waals surface area contributed by atoms with Crippen molar-refractivity contribution >= 4 is 17.3 Å². The third kappa shape index (κ3) is 2.00. The minimum atomic E-state index is 0.100. The summed E-state index contributed by atoms with van der Waals surface area (Å²) in [6.45, 7) is 2.49. The fourth-order valence-corrected chi connectivity index (χ4v) is 1.66. The molecule has 4 heteroatoms. The first kappa shape index (κ1) is 9.77. The summed E-state index contributed by atoms with van der Waals surface area (Å²) in [6, 6.07) is 5.64. The normalized spacial score (nSPS) is 22.2. The Morgan fingerprint density at radius 1 is 1.50 bits per heavy atom. The van der Waals surface area contributed by atoms with Crippen molar-refractivity contribution in [3.05, 3.63) is 28.8 Å². The summed E-state index contributed by atoms with van der Waals surface area (Å²) < 4.78 is 5.60. The van der Waals surface area contributed by atoms with Gasteiger partial charge in [-0.3, -0.25) is 0 Å². The first-order valence-electron chi connectivity index (χ1n) is 4.64. The number of hydrogen-bond acceptors (Lipinski definition) is 3. The van der Waals surface area contributed by atoms with Crippen LogP contribution in [0.4, 0.5) is 5.69 Å². The molecule has 1 aromatic rings. The van der Waals surface area contributed by atoms with Gasteiger partial charge in [0.15, 0.2) is 0 Å². The van der Waals surface area contributed by atoms with Gasteiger partial charge in [-0.15, -0.1) is 0 Å². The summed E-state index contributed by atoms with van der Waals surface area (Å²) >= 11 is 5.84. The summed E-state index contributed by atoms with van der Waals surface area (Å²) in [5, 5.41) is 3.86. The molecule has 1 aliphatic heterocycles. The second-order valence-corrected chi connectivity index (χ2v) is 3.75. The van der Waals surface area contributed by atoms with Gasteiger partial charge in [-0.2, -0.15) is 0 Å². The highest BCUT2D eigenvalue weighted by molar-refractivity contribution is 6.33. The zero-order chi connectivity index (χ0) is 9.97. The maximum atomic E-state index is 5.84. The molecule has 14 heavy (non-hydrogen) atoms. The quantitative estimate of drug-likeness (QED) is 0.695. The molecule has 0 bridgehead atoms. The molecule has 2 rings (SSSR count). The first-order valence-corrected chi connectivity index (χ1v) is 5.02. The van der Waals surface area contributed by atoms with Crippen LogP contribution in [0, 0.1) is 0 Å². The Morgan fingerprint density at radius 2 is 2.36 bits per heavy atom. The number of benzene rings is 1. The van der Waals surface area contributed by atoms with Crippen molar-refractivity contribution in [2.45, 2.75) is 6.10 Å². The van der Waals surface area contributed by atoms with E-state index in [1.807, 2.05) is 18.2 Å². The highest BCUT2D eigenvalue weighted by atomic mass is 35.5. The summed E-state index contributed by atoms with van der Waals surface area (Å²) in [4.78, 5) is 0. The molecule has 0 saturated carbocycles.